The van der Waals surface area contributed by atoms with Crippen LogP contribution in [0.1, 0.15) is 11.8 Å². The highest BCUT2D eigenvalue weighted by molar-refractivity contribution is 7.20. The Labute approximate surface area is 143 Å². The molecule has 23 heavy (non-hydrogen) atoms. The van der Waals surface area contributed by atoms with Gasteiger partial charge in [-0.25, -0.2) is 4.79 Å². The van der Waals surface area contributed by atoms with Gasteiger partial charge >= 0.3 is 5.97 Å². The Bertz CT molecular complexity index is 766. The number of halogens is 1. The SMILES string of the molecule is C=CCNC(=O)[C@H](C)OC(=O)/C=C/c1sc2ccccc2c1Cl. The van der Waals surface area contributed by atoms with Crippen molar-refractivity contribution in [3.05, 3.63) is 52.9 Å². The molecule has 2 aromatic rings. The van der Waals surface area contributed by atoms with Crippen LogP contribution in [0.3, 0.4) is 0 Å². The summed E-state index contributed by atoms with van der Waals surface area (Å²) in [6.07, 6.45) is 3.55. The molecule has 0 aliphatic carbocycles. The molecule has 0 fully saturated rings. The molecule has 4 nitrogen and oxygen atoms in total. The Hall–Kier alpha value is -2.11. The molecule has 0 aliphatic heterocycles. The molecule has 1 atom stereocenters. The molecule has 0 radical (unpaired) electrons. The Balaban J connectivity index is 2.01. The van der Waals surface area contributed by atoms with Gasteiger partial charge in [-0.05, 0) is 19.1 Å². The average Bonchev–Trinajstić information content (AvgIpc) is 2.87. The van der Waals surface area contributed by atoms with E-state index in [0.717, 1.165) is 15.0 Å². The van der Waals surface area contributed by atoms with Crippen LogP contribution < -0.4 is 5.32 Å². The standard InChI is InChI=1S/C17H16ClNO3S/c1-3-10-19-17(21)11(2)22-15(20)9-8-14-16(18)12-6-4-5-7-13(12)23-14/h3-9,11H,1,10H2,2H3,(H,19,21)/b9-8+/t11-/m0/s1. The van der Waals surface area contributed by atoms with Crippen LogP contribution in [0.5, 0.6) is 0 Å². The van der Waals surface area contributed by atoms with Crippen LogP contribution >= 0.6 is 22.9 Å². The molecule has 2 rings (SSSR count). The molecule has 6 heteroatoms. The van der Waals surface area contributed by atoms with E-state index in [2.05, 4.69) is 11.9 Å². The van der Waals surface area contributed by atoms with Gasteiger partial charge in [0, 0.05) is 27.6 Å². The smallest absolute Gasteiger partial charge is 0.331 e. The second-order valence-electron chi connectivity index (χ2n) is 4.72. The van der Waals surface area contributed by atoms with E-state index < -0.39 is 12.1 Å². The Morgan fingerprint density at radius 2 is 2.17 bits per heavy atom. The van der Waals surface area contributed by atoms with Crippen LogP contribution in [0, 0.1) is 0 Å². The zero-order valence-corrected chi connectivity index (χ0v) is 14.1. The number of rotatable bonds is 6. The van der Waals surface area contributed by atoms with Gasteiger partial charge in [0.05, 0.1) is 5.02 Å². The van der Waals surface area contributed by atoms with E-state index in [1.54, 1.807) is 12.2 Å². The zero-order chi connectivity index (χ0) is 16.8. The van der Waals surface area contributed by atoms with Crippen LogP contribution in [-0.4, -0.2) is 24.5 Å². The van der Waals surface area contributed by atoms with Gasteiger partial charge in [-0.3, -0.25) is 4.79 Å². The monoisotopic (exact) mass is 349 g/mol. The topological polar surface area (TPSA) is 55.4 Å². The number of fused-ring (bicyclic) bond motifs is 1. The lowest BCUT2D eigenvalue weighted by molar-refractivity contribution is -0.150. The molecule has 0 saturated heterocycles. The summed E-state index contributed by atoms with van der Waals surface area (Å²) in [5, 5.41) is 4.11. The third kappa shape index (κ3) is 4.43. The van der Waals surface area contributed by atoms with Crippen LogP contribution in [0.4, 0.5) is 0 Å². The minimum Gasteiger partial charge on any atom is -0.449 e. The lowest BCUT2D eigenvalue weighted by Gasteiger charge is -2.10. The maximum atomic E-state index is 11.8. The normalized spacial score (nSPS) is 12.3. The van der Waals surface area contributed by atoms with Crippen molar-refractivity contribution in [2.45, 2.75) is 13.0 Å². The van der Waals surface area contributed by atoms with E-state index in [1.807, 2.05) is 24.3 Å². The number of carbonyl (C=O) groups is 2. The maximum absolute atomic E-state index is 11.8. The summed E-state index contributed by atoms with van der Waals surface area (Å²) in [7, 11) is 0. The first kappa shape index (κ1) is 17.2. The van der Waals surface area contributed by atoms with Crippen molar-refractivity contribution in [2.75, 3.05) is 6.54 Å². The molecule has 1 aromatic heterocycles. The molecule has 0 aliphatic rings. The Morgan fingerprint density at radius 3 is 2.87 bits per heavy atom. The van der Waals surface area contributed by atoms with Crippen molar-refractivity contribution in [1.82, 2.24) is 5.32 Å². The van der Waals surface area contributed by atoms with Crippen molar-refractivity contribution >= 4 is 51.0 Å². The van der Waals surface area contributed by atoms with E-state index in [0.29, 0.717) is 11.6 Å². The highest BCUT2D eigenvalue weighted by Crippen LogP contribution is 2.35. The third-order valence-corrected chi connectivity index (χ3v) is 4.67. The first-order valence-corrected chi connectivity index (χ1v) is 8.16. The number of hydrogen-bond donors (Lipinski definition) is 1. The van der Waals surface area contributed by atoms with Gasteiger partial charge in [-0.15, -0.1) is 17.9 Å². The fraction of sp³-hybridized carbons (Fsp3) is 0.176. The molecule has 0 saturated carbocycles. The first-order valence-electron chi connectivity index (χ1n) is 6.97. The van der Waals surface area contributed by atoms with Crippen molar-refractivity contribution < 1.29 is 14.3 Å². The maximum Gasteiger partial charge on any atom is 0.331 e. The summed E-state index contributed by atoms with van der Waals surface area (Å²) < 4.78 is 6.08. The summed E-state index contributed by atoms with van der Waals surface area (Å²) in [6.45, 7) is 5.33. The van der Waals surface area contributed by atoms with Gasteiger partial charge in [-0.2, -0.15) is 0 Å². The van der Waals surface area contributed by atoms with E-state index in [-0.39, 0.29) is 5.91 Å². The molecule has 1 amide bonds. The van der Waals surface area contributed by atoms with Gasteiger partial charge in [0.2, 0.25) is 0 Å². The van der Waals surface area contributed by atoms with Gasteiger partial charge < -0.3 is 10.1 Å². The average molecular weight is 350 g/mol. The van der Waals surface area contributed by atoms with Crippen molar-refractivity contribution in [2.24, 2.45) is 0 Å². The fourth-order valence-corrected chi connectivity index (χ4v) is 3.27. The van der Waals surface area contributed by atoms with Gasteiger partial charge in [0.1, 0.15) is 0 Å². The quantitative estimate of drug-likeness (QED) is 0.490. The lowest BCUT2D eigenvalue weighted by atomic mass is 10.2. The summed E-state index contributed by atoms with van der Waals surface area (Å²) >= 11 is 7.77. The van der Waals surface area contributed by atoms with E-state index in [9.17, 15) is 9.59 Å². The second kappa shape index (κ2) is 7.94. The van der Waals surface area contributed by atoms with E-state index in [4.69, 9.17) is 16.3 Å². The molecular formula is C17H16ClNO3S. The number of carbonyl (C=O) groups excluding carboxylic acids is 2. The van der Waals surface area contributed by atoms with Gasteiger partial charge in [0.15, 0.2) is 6.10 Å². The van der Waals surface area contributed by atoms with Crippen molar-refractivity contribution in [1.29, 1.82) is 0 Å². The molecule has 0 bridgehead atoms. The number of ether oxygens (including phenoxy) is 1. The van der Waals surface area contributed by atoms with Crippen molar-refractivity contribution in [3.8, 4) is 0 Å². The highest BCUT2D eigenvalue weighted by Gasteiger charge is 2.15. The molecule has 0 unspecified atom stereocenters. The molecule has 1 heterocycles. The van der Waals surface area contributed by atoms with Crippen LogP contribution in [0.15, 0.2) is 43.0 Å². The predicted molar refractivity (Wildman–Crippen MR) is 94.6 cm³/mol. The number of thiophene rings is 1. The summed E-state index contributed by atoms with van der Waals surface area (Å²) in [5.74, 6) is -0.966. The van der Waals surface area contributed by atoms with Crippen molar-refractivity contribution in [3.63, 3.8) is 0 Å². The second-order valence-corrected chi connectivity index (χ2v) is 6.18. The van der Waals surface area contributed by atoms with E-state index >= 15 is 0 Å². The molecular weight excluding hydrogens is 334 g/mol. The van der Waals surface area contributed by atoms with Gasteiger partial charge in [-0.1, -0.05) is 35.9 Å². The number of hydrogen-bond acceptors (Lipinski definition) is 4. The summed E-state index contributed by atoms with van der Waals surface area (Å²) in [5.41, 5.74) is 0. The van der Waals surface area contributed by atoms with Gasteiger partial charge in [0.25, 0.3) is 5.91 Å². The number of amides is 1. The fourth-order valence-electron chi connectivity index (χ4n) is 1.87. The highest BCUT2D eigenvalue weighted by atomic mass is 35.5. The first-order chi connectivity index (χ1) is 11.0. The minimum absolute atomic E-state index is 0.327. The number of benzene rings is 1. The predicted octanol–water partition coefficient (Wildman–Crippen LogP) is 3.80. The summed E-state index contributed by atoms with van der Waals surface area (Å²) in [4.78, 5) is 24.2. The van der Waals surface area contributed by atoms with Crippen LogP contribution in [0.25, 0.3) is 16.2 Å². The molecule has 120 valence electrons. The molecule has 0 spiro atoms. The molecule has 1 aromatic carbocycles. The minimum atomic E-state index is -0.870. The Kier molecular flexibility index (Phi) is 5.96. The Morgan fingerprint density at radius 1 is 1.43 bits per heavy atom. The van der Waals surface area contributed by atoms with Crippen LogP contribution in [0.2, 0.25) is 5.02 Å². The largest absolute Gasteiger partial charge is 0.449 e. The third-order valence-electron chi connectivity index (χ3n) is 3.01. The van der Waals surface area contributed by atoms with E-state index in [1.165, 1.54) is 24.3 Å². The molecule has 1 N–H and O–H groups in total. The summed E-state index contributed by atoms with van der Waals surface area (Å²) in [6, 6.07) is 7.73. The lowest BCUT2D eigenvalue weighted by Crippen LogP contribution is -2.35. The number of esters is 1. The number of nitrogens with one attached hydrogen (secondary N) is 1. The zero-order valence-electron chi connectivity index (χ0n) is 12.5. The van der Waals surface area contributed by atoms with Crippen LogP contribution in [-0.2, 0) is 14.3 Å².